The highest BCUT2D eigenvalue weighted by Gasteiger charge is 2.10. The number of halogens is 2. The van der Waals surface area contributed by atoms with Gasteiger partial charge in [-0.1, -0.05) is 67.9 Å². The van der Waals surface area contributed by atoms with E-state index in [1.807, 2.05) is 24.3 Å². The zero-order valence-corrected chi connectivity index (χ0v) is 16.4. The van der Waals surface area contributed by atoms with Crippen LogP contribution in [0, 0.1) is 5.82 Å². The molecule has 0 aliphatic rings. The van der Waals surface area contributed by atoms with Crippen LogP contribution >= 0.6 is 11.6 Å². The third-order valence-corrected chi connectivity index (χ3v) is 4.56. The minimum absolute atomic E-state index is 0.223. The van der Waals surface area contributed by atoms with Crippen molar-refractivity contribution in [2.24, 2.45) is 0 Å². The molecule has 6 heteroatoms. The first-order valence-corrected chi connectivity index (χ1v) is 9.35. The van der Waals surface area contributed by atoms with Crippen LogP contribution in [-0.2, 0) is 11.3 Å². The van der Waals surface area contributed by atoms with Gasteiger partial charge in [-0.3, -0.25) is 9.48 Å². The number of aromatic nitrogens is 2. The molecule has 28 heavy (non-hydrogen) atoms. The molecule has 0 radical (unpaired) electrons. The average Bonchev–Trinajstić information content (AvgIpc) is 3.01. The van der Waals surface area contributed by atoms with Crippen LogP contribution in [0.2, 0.25) is 5.02 Å². The second-order valence-corrected chi connectivity index (χ2v) is 7.17. The van der Waals surface area contributed by atoms with Crippen molar-refractivity contribution in [1.29, 1.82) is 0 Å². The second kappa shape index (κ2) is 8.85. The Kier molecular flexibility index (Phi) is 6.26. The second-order valence-electron chi connectivity index (χ2n) is 6.76. The number of rotatable bonds is 6. The lowest BCUT2D eigenvalue weighted by atomic mass is 10.0. The Morgan fingerprint density at radius 2 is 1.93 bits per heavy atom. The van der Waals surface area contributed by atoms with E-state index >= 15 is 0 Å². The van der Waals surface area contributed by atoms with Gasteiger partial charge in [0.25, 0.3) is 0 Å². The molecule has 2 aromatic carbocycles. The van der Waals surface area contributed by atoms with E-state index in [2.05, 4.69) is 24.3 Å². The number of carbonyl (C=O) groups is 1. The molecule has 0 aliphatic carbocycles. The SMILES string of the molecule is CC(C)c1ccc(/C=C/C(=O)Nc2nn(Cc3ccccc3F)cc2Cl)cc1. The largest absolute Gasteiger partial charge is 0.304 e. The summed E-state index contributed by atoms with van der Waals surface area (Å²) >= 11 is 6.14. The van der Waals surface area contributed by atoms with E-state index in [4.69, 9.17) is 11.6 Å². The molecule has 0 aliphatic heterocycles. The minimum atomic E-state index is -0.342. The lowest BCUT2D eigenvalue weighted by Crippen LogP contribution is -2.10. The van der Waals surface area contributed by atoms with E-state index in [9.17, 15) is 9.18 Å². The third kappa shape index (κ3) is 5.08. The first-order chi connectivity index (χ1) is 13.4. The number of anilines is 1. The van der Waals surface area contributed by atoms with Gasteiger partial charge in [-0.2, -0.15) is 5.10 Å². The van der Waals surface area contributed by atoms with Crippen molar-refractivity contribution >= 4 is 29.4 Å². The lowest BCUT2D eigenvalue weighted by molar-refractivity contribution is -0.111. The monoisotopic (exact) mass is 397 g/mol. The van der Waals surface area contributed by atoms with Crippen molar-refractivity contribution in [2.75, 3.05) is 5.32 Å². The fourth-order valence-electron chi connectivity index (χ4n) is 2.69. The van der Waals surface area contributed by atoms with Crippen molar-refractivity contribution in [3.8, 4) is 0 Å². The van der Waals surface area contributed by atoms with E-state index in [1.165, 1.54) is 22.4 Å². The standard InChI is InChI=1S/C22H21ClFN3O/c1-15(2)17-10-7-16(8-11-17)9-12-21(28)25-22-19(23)14-27(26-22)13-18-5-3-4-6-20(18)24/h3-12,14-15H,13H2,1-2H3,(H,25,26,28)/b12-9+. The maximum atomic E-state index is 13.8. The van der Waals surface area contributed by atoms with Gasteiger partial charge in [0.1, 0.15) is 10.8 Å². The van der Waals surface area contributed by atoms with E-state index in [0.717, 1.165) is 5.56 Å². The molecule has 0 fully saturated rings. The average molecular weight is 398 g/mol. The van der Waals surface area contributed by atoms with Gasteiger partial charge in [0, 0.05) is 17.8 Å². The fraction of sp³-hybridized carbons (Fsp3) is 0.182. The van der Waals surface area contributed by atoms with Gasteiger partial charge < -0.3 is 5.32 Å². The van der Waals surface area contributed by atoms with Gasteiger partial charge >= 0.3 is 0 Å². The van der Waals surface area contributed by atoms with Crippen molar-refractivity contribution < 1.29 is 9.18 Å². The van der Waals surface area contributed by atoms with Crippen LogP contribution in [-0.4, -0.2) is 15.7 Å². The molecule has 1 heterocycles. The van der Waals surface area contributed by atoms with Crippen molar-refractivity contribution in [3.63, 3.8) is 0 Å². The van der Waals surface area contributed by atoms with Crippen LogP contribution in [0.3, 0.4) is 0 Å². The number of hydrogen-bond acceptors (Lipinski definition) is 2. The van der Waals surface area contributed by atoms with Crippen LogP contribution < -0.4 is 5.32 Å². The smallest absolute Gasteiger partial charge is 0.249 e. The van der Waals surface area contributed by atoms with Crippen molar-refractivity contribution in [1.82, 2.24) is 9.78 Å². The van der Waals surface area contributed by atoms with E-state index in [-0.39, 0.29) is 24.1 Å². The summed E-state index contributed by atoms with van der Waals surface area (Å²) in [5.41, 5.74) is 2.66. The highest BCUT2D eigenvalue weighted by Crippen LogP contribution is 2.21. The van der Waals surface area contributed by atoms with Crippen molar-refractivity contribution in [2.45, 2.75) is 26.3 Å². The molecule has 0 unspecified atom stereocenters. The lowest BCUT2D eigenvalue weighted by Gasteiger charge is -2.04. The van der Waals surface area contributed by atoms with Crippen LogP contribution in [0.4, 0.5) is 10.2 Å². The first-order valence-electron chi connectivity index (χ1n) is 8.98. The number of hydrogen-bond donors (Lipinski definition) is 1. The van der Waals surface area contributed by atoms with Crippen LogP contribution in [0.5, 0.6) is 0 Å². The summed E-state index contributed by atoms with van der Waals surface area (Å²) in [6.07, 6.45) is 4.71. The molecule has 0 saturated heterocycles. The molecular formula is C22H21ClFN3O. The normalized spacial score (nSPS) is 11.3. The third-order valence-electron chi connectivity index (χ3n) is 4.28. The molecule has 1 N–H and O–H groups in total. The number of amides is 1. The van der Waals surface area contributed by atoms with Crippen LogP contribution in [0.1, 0.15) is 36.5 Å². The summed E-state index contributed by atoms with van der Waals surface area (Å²) in [7, 11) is 0. The zero-order valence-electron chi connectivity index (χ0n) is 15.7. The van der Waals surface area contributed by atoms with Gasteiger partial charge in [0.2, 0.25) is 5.91 Å². The molecule has 0 spiro atoms. The maximum absolute atomic E-state index is 13.8. The molecule has 0 saturated carbocycles. The minimum Gasteiger partial charge on any atom is -0.304 e. The Morgan fingerprint density at radius 1 is 1.21 bits per heavy atom. The fourth-order valence-corrected chi connectivity index (χ4v) is 2.88. The molecule has 144 valence electrons. The predicted octanol–water partition coefficient (Wildman–Crippen LogP) is 5.50. The Balaban J connectivity index is 1.64. The number of benzene rings is 2. The highest BCUT2D eigenvalue weighted by atomic mass is 35.5. The van der Waals surface area contributed by atoms with E-state index in [0.29, 0.717) is 16.5 Å². The number of carbonyl (C=O) groups excluding carboxylic acids is 1. The summed E-state index contributed by atoms with van der Waals surface area (Å²) in [5, 5.41) is 7.16. The highest BCUT2D eigenvalue weighted by molar-refractivity contribution is 6.33. The van der Waals surface area contributed by atoms with E-state index in [1.54, 1.807) is 30.5 Å². The number of nitrogens with zero attached hydrogens (tertiary/aromatic N) is 2. The summed E-state index contributed by atoms with van der Waals surface area (Å²) in [6, 6.07) is 14.5. The van der Waals surface area contributed by atoms with Crippen LogP contribution in [0.15, 0.2) is 60.8 Å². The predicted molar refractivity (Wildman–Crippen MR) is 111 cm³/mol. The molecular weight excluding hydrogens is 377 g/mol. The molecule has 3 rings (SSSR count). The number of nitrogens with one attached hydrogen (secondary N) is 1. The van der Waals surface area contributed by atoms with Crippen LogP contribution in [0.25, 0.3) is 6.08 Å². The quantitative estimate of drug-likeness (QED) is 0.558. The van der Waals surface area contributed by atoms with E-state index < -0.39 is 0 Å². The summed E-state index contributed by atoms with van der Waals surface area (Å²) in [6.45, 7) is 4.49. The van der Waals surface area contributed by atoms with Gasteiger partial charge in [0.05, 0.1) is 6.54 Å². The Bertz CT molecular complexity index is 993. The summed E-state index contributed by atoms with van der Waals surface area (Å²) in [4.78, 5) is 12.2. The van der Waals surface area contributed by atoms with Gasteiger partial charge in [-0.15, -0.1) is 0 Å². The summed E-state index contributed by atoms with van der Waals surface area (Å²) < 4.78 is 15.3. The van der Waals surface area contributed by atoms with Gasteiger partial charge in [-0.25, -0.2) is 4.39 Å². The Hall–Kier alpha value is -2.92. The Labute approximate surface area is 168 Å². The molecule has 3 aromatic rings. The topological polar surface area (TPSA) is 46.9 Å². The van der Waals surface area contributed by atoms with Gasteiger partial charge in [-0.05, 0) is 29.2 Å². The molecule has 4 nitrogen and oxygen atoms in total. The zero-order chi connectivity index (χ0) is 20.1. The molecule has 0 atom stereocenters. The van der Waals surface area contributed by atoms with Crippen molar-refractivity contribution in [3.05, 3.63) is 88.3 Å². The molecule has 1 amide bonds. The Morgan fingerprint density at radius 3 is 2.61 bits per heavy atom. The van der Waals surface area contributed by atoms with Gasteiger partial charge in [0.15, 0.2) is 5.82 Å². The molecule has 0 bridgehead atoms. The maximum Gasteiger partial charge on any atom is 0.249 e. The molecule has 1 aromatic heterocycles. The summed E-state index contributed by atoms with van der Waals surface area (Å²) in [5.74, 6) is 0.0443. The first kappa shape index (κ1) is 19.8.